The predicted octanol–water partition coefficient (Wildman–Crippen LogP) is 26.9. The zero-order chi connectivity index (χ0) is 97.3. The van der Waals surface area contributed by atoms with Gasteiger partial charge in [0.05, 0.1) is 41.2 Å². The monoisotopic (exact) mass is 1800 g/mol. The van der Waals surface area contributed by atoms with Crippen LogP contribution in [-0.2, 0) is 7.05 Å². The van der Waals surface area contributed by atoms with Crippen molar-refractivity contribution in [2.24, 2.45) is 7.05 Å². The topological polar surface area (TPSA) is 184 Å². The highest BCUT2D eigenvalue weighted by molar-refractivity contribution is 7.03. The molecule has 18 rings (SSSR count). The minimum atomic E-state index is -1.61. The number of nitrogens with zero attached hydrogens (tertiary/aromatic N) is 15. The van der Waals surface area contributed by atoms with Gasteiger partial charge in [-0.3, -0.25) is 54.8 Å². The Morgan fingerprint density at radius 2 is 0.548 bits per heavy atom. The first kappa shape index (κ1) is 101. The lowest BCUT2D eigenvalue weighted by atomic mass is 9.79. The molecule has 1 aliphatic heterocycles. The quantitative estimate of drug-likeness (QED) is 0.0930. The van der Waals surface area contributed by atoms with E-state index in [2.05, 4.69) is 309 Å². The maximum Gasteiger partial charge on any atom is 0.295 e. The van der Waals surface area contributed by atoms with E-state index in [1.54, 1.807) is 10.4 Å². The Hall–Kier alpha value is -14.1. The molecular formula is C119H134N15Si+. The fourth-order valence-electron chi connectivity index (χ4n) is 18.3. The summed E-state index contributed by atoms with van der Waals surface area (Å²) in [4.78, 5) is 53.0. The number of rotatable bonds is 10. The second-order valence-electron chi connectivity index (χ2n) is 35.6. The molecule has 17 aromatic rings. The van der Waals surface area contributed by atoms with Crippen LogP contribution in [0.25, 0.3) is 89.5 Å². The van der Waals surface area contributed by atoms with Crippen LogP contribution in [0.4, 0.5) is 0 Å². The van der Waals surface area contributed by atoms with E-state index in [4.69, 9.17) is 19.9 Å². The molecule has 1 aliphatic rings. The van der Waals surface area contributed by atoms with Crippen molar-refractivity contribution in [2.75, 3.05) is 0 Å². The van der Waals surface area contributed by atoms with E-state index < -0.39 is 8.07 Å². The number of aromatic nitrogens is 15. The molecule has 15 nitrogen and oxygen atoms in total. The maximum absolute atomic E-state index is 4.71. The van der Waals surface area contributed by atoms with Crippen LogP contribution in [0, 0.1) is 180 Å². The van der Waals surface area contributed by atoms with Gasteiger partial charge in [-0.2, -0.15) is 10.2 Å². The number of benzene rings is 4. The van der Waals surface area contributed by atoms with Gasteiger partial charge in [0.2, 0.25) is 0 Å². The average Bonchev–Trinajstić information content (AvgIpc) is 0.738. The Kier molecular flexibility index (Phi) is 35.7. The van der Waals surface area contributed by atoms with Crippen LogP contribution < -0.4 is 14.9 Å². The lowest BCUT2D eigenvalue weighted by Gasteiger charge is -2.40. The normalized spacial score (nSPS) is 11.6. The Morgan fingerprint density at radius 1 is 0.230 bits per heavy atom. The zero-order valence-electron chi connectivity index (χ0n) is 84.6. The average molecular weight is 1800 g/mol. The minimum absolute atomic E-state index is 0.915. The van der Waals surface area contributed by atoms with Crippen molar-refractivity contribution in [3.63, 3.8) is 0 Å². The van der Waals surface area contributed by atoms with Gasteiger partial charge < -0.3 is 0 Å². The number of hydrogen-bond donors (Lipinski definition) is 0. The maximum atomic E-state index is 4.71. The highest BCUT2D eigenvalue weighted by Gasteiger charge is 2.42. The molecule has 688 valence electrons. The molecule has 4 aromatic carbocycles. The smallest absolute Gasteiger partial charge is 0.265 e. The molecule has 14 heterocycles. The summed E-state index contributed by atoms with van der Waals surface area (Å²) in [6, 6.07) is 63.2. The SMILES string of the molecule is Cc1c(-c2ccccn2)c(-c2ccccn2)c(C)c(-c2ccccn2)c1-c1ccccn1.Cc1c(-c2ccncc2)c(-c2ccncc2)c(C)c(-c2ccncc2)c1-c1ccncc1.Cc1ccc(C)nn1.Cc1cccc(C)c1[Si]1(c2c(C)cccc2C)CCCCC1.Cc1ccnc(C)c1C.Cc1cnc(C)c(C)c1C.Cc1nc(C)[n+](C)c(C)c1C.Cc1nc(C)c(C)c(C)c1C. The first-order valence-electron chi connectivity index (χ1n) is 46.8. The van der Waals surface area contributed by atoms with Crippen LogP contribution in [0.1, 0.15) is 165 Å². The second-order valence-corrected chi connectivity index (χ2v) is 39.7. The molecule has 16 heteroatoms. The molecule has 0 atom stereocenters. The van der Waals surface area contributed by atoms with E-state index >= 15 is 0 Å². The number of pyridine rings is 11. The van der Waals surface area contributed by atoms with Gasteiger partial charge in [-0.1, -0.05) is 107 Å². The summed E-state index contributed by atoms with van der Waals surface area (Å²) in [6.07, 6.45) is 30.2. The number of hydrogen-bond acceptors (Lipinski definition) is 14. The van der Waals surface area contributed by atoms with Crippen molar-refractivity contribution in [2.45, 2.75) is 211 Å². The van der Waals surface area contributed by atoms with Crippen molar-refractivity contribution in [3.05, 3.63) is 409 Å². The van der Waals surface area contributed by atoms with E-state index in [1.807, 2.05) is 195 Å². The minimum Gasteiger partial charge on any atom is -0.265 e. The van der Waals surface area contributed by atoms with E-state index in [0.717, 1.165) is 124 Å². The van der Waals surface area contributed by atoms with Gasteiger partial charge in [0, 0.05) is 151 Å². The van der Waals surface area contributed by atoms with E-state index in [9.17, 15) is 0 Å². The molecule has 13 aromatic heterocycles. The Morgan fingerprint density at radius 3 is 0.852 bits per heavy atom. The van der Waals surface area contributed by atoms with Gasteiger partial charge in [0.15, 0.2) is 5.69 Å². The third-order valence-electron chi connectivity index (χ3n) is 26.9. The molecule has 0 bridgehead atoms. The van der Waals surface area contributed by atoms with Crippen molar-refractivity contribution < 1.29 is 4.57 Å². The highest BCUT2D eigenvalue weighted by Crippen LogP contribution is 2.50. The lowest BCUT2D eigenvalue weighted by molar-refractivity contribution is -0.687. The van der Waals surface area contributed by atoms with Gasteiger partial charge in [-0.25, -0.2) is 4.57 Å². The lowest BCUT2D eigenvalue weighted by Crippen LogP contribution is -2.62. The van der Waals surface area contributed by atoms with Gasteiger partial charge in [-0.15, -0.1) is 0 Å². The molecule has 1 fully saturated rings. The summed E-state index contributed by atoms with van der Waals surface area (Å²) < 4.78 is 2.11. The summed E-state index contributed by atoms with van der Waals surface area (Å²) in [5.74, 6) is 1.07. The summed E-state index contributed by atoms with van der Waals surface area (Å²) in [7, 11) is 0.433. The molecule has 0 N–H and O–H groups in total. The first-order chi connectivity index (χ1) is 64.8. The second kappa shape index (κ2) is 47.5. The van der Waals surface area contributed by atoms with Crippen molar-refractivity contribution in [1.29, 1.82) is 0 Å². The fourth-order valence-corrected chi connectivity index (χ4v) is 24.9. The molecule has 0 spiro atoms. The summed E-state index contributed by atoms with van der Waals surface area (Å²) in [5.41, 5.74) is 49.0. The van der Waals surface area contributed by atoms with Gasteiger partial charge >= 0.3 is 0 Å². The molecule has 135 heavy (non-hydrogen) atoms. The Bertz CT molecular complexity index is 5920. The summed E-state index contributed by atoms with van der Waals surface area (Å²) >= 11 is 0. The van der Waals surface area contributed by atoms with Crippen molar-refractivity contribution in [1.82, 2.24) is 70.0 Å². The third kappa shape index (κ3) is 24.5. The molecule has 0 aliphatic carbocycles. The van der Waals surface area contributed by atoms with Crippen LogP contribution in [0.5, 0.6) is 0 Å². The molecule has 0 saturated carbocycles. The molecular weight excluding hydrogens is 1670 g/mol. The van der Waals surface area contributed by atoms with Gasteiger partial charge in [0.25, 0.3) is 5.82 Å². The molecule has 0 radical (unpaired) electrons. The first-order valence-corrected chi connectivity index (χ1v) is 49.2. The fraction of sp³-hybridized carbons (Fsp3) is 0.269. The summed E-state index contributed by atoms with van der Waals surface area (Å²) in [6.45, 7) is 55.4. The summed E-state index contributed by atoms with van der Waals surface area (Å²) in [5, 5.41) is 11.1. The van der Waals surface area contributed by atoms with Gasteiger partial charge in [0.1, 0.15) is 13.8 Å². The van der Waals surface area contributed by atoms with Gasteiger partial charge in [-0.05, 0) is 415 Å². The van der Waals surface area contributed by atoms with E-state index in [0.29, 0.717) is 0 Å². The van der Waals surface area contributed by atoms with Crippen LogP contribution in [0.15, 0.2) is 263 Å². The predicted molar refractivity (Wildman–Crippen MR) is 563 cm³/mol. The Labute approximate surface area is 804 Å². The van der Waals surface area contributed by atoms with Crippen LogP contribution in [0.2, 0.25) is 12.1 Å². The molecule has 0 unspecified atom stereocenters. The van der Waals surface area contributed by atoms with Crippen molar-refractivity contribution >= 4 is 18.4 Å². The zero-order valence-corrected chi connectivity index (χ0v) is 85.6. The Balaban J connectivity index is 0.000000157. The van der Waals surface area contributed by atoms with E-state index in [1.165, 1.54) is 143 Å². The van der Waals surface area contributed by atoms with E-state index in [-0.39, 0.29) is 0 Å². The largest absolute Gasteiger partial charge is 0.295 e. The van der Waals surface area contributed by atoms with Crippen LogP contribution in [0.3, 0.4) is 0 Å². The number of aryl methyl sites for hydroxylation is 14. The molecule has 1 saturated heterocycles. The van der Waals surface area contributed by atoms with Crippen LogP contribution in [-0.4, -0.2) is 78.1 Å². The third-order valence-corrected chi connectivity index (χ3v) is 32.8. The van der Waals surface area contributed by atoms with Crippen molar-refractivity contribution in [3.8, 4) is 89.5 Å². The van der Waals surface area contributed by atoms with Crippen LogP contribution >= 0.6 is 0 Å². The highest BCUT2D eigenvalue weighted by atomic mass is 28.3. The molecule has 0 amide bonds. The standard InChI is InChI=1S/2C28H22N4.C21H28Si.C10H15N.C9H15N2.C9H13N.C8H11N.C6H8N2/c1-19-25(21-3-11-29-12-4-21)27(23-7-15-31-16-8-23)20(2)28(24-9-17-32-18-10-24)26(19)22-5-13-30-14-6-22;1-19-25(21-11-3-7-15-29-21)27(23-13-5-9-17-31-23)20(2)28(24-14-6-10-18-32-24)26(19)22-12-4-8-16-30-22;1-16-10-8-11-17(2)20(16)22(14-6-5-7-15-22)21-18(3)12-9-13-19(21)4;1-6-7(2)9(4)11-10(5)8(6)3;1-6-7(2)10-9(4)11(5)8(6)3;1-6-5-10-9(4)8(3)7(6)2;1-6-4-5-9-8(3)7(6)2;1-5-3-4-6(2)8-7-5/h2*3-18H,1-2H3;8-13H,5-7,14-15H2,1-4H3;2*1-5H3;5H,1-4H3;4-5H,1-3H3;3-4H,1-2H3/q;;;;+1;;;.